The van der Waals surface area contributed by atoms with E-state index in [2.05, 4.69) is 15.3 Å². The molecule has 1 aromatic rings. The first-order valence-electron chi connectivity index (χ1n) is 4.19. The van der Waals surface area contributed by atoms with Crippen LogP contribution in [0.1, 0.15) is 12.6 Å². The van der Waals surface area contributed by atoms with Crippen molar-refractivity contribution in [1.29, 1.82) is 0 Å². The first-order chi connectivity index (χ1) is 6.20. The van der Waals surface area contributed by atoms with E-state index >= 15 is 0 Å². The quantitative estimate of drug-likeness (QED) is 0.730. The number of nitrogens with one attached hydrogen (secondary N) is 2. The number of aromatic amines is 1. The van der Waals surface area contributed by atoms with Crippen LogP contribution in [0.4, 0.5) is 8.78 Å². The molecule has 1 heterocycles. The number of halogens is 2. The lowest BCUT2D eigenvalue weighted by Gasteiger charge is -2.11. The fraction of sp³-hybridized carbons (Fsp3) is 0.625. The molecule has 1 unspecified atom stereocenters. The summed E-state index contributed by atoms with van der Waals surface area (Å²) in [4.78, 5) is 6.73. The molecule has 0 saturated carbocycles. The molecule has 5 heteroatoms. The average Bonchev–Trinajstić information content (AvgIpc) is 2.56. The number of nitrogens with zero attached hydrogens (tertiary/aromatic N) is 1. The van der Waals surface area contributed by atoms with Gasteiger partial charge in [-0.3, -0.25) is 0 Å². The number of hydrogen-bond acceptors (Lipinski definition) is 2. The molecule has 0 aliphatic carbocycles. The van der Waals surface area contributed by atoms with Gasteiger partial charge in [0.25, 0.3) is 6.43 Å². The summed E-state index contributed by atoms with van der Waals surface area (Å²) in [7, 11) is 0. The van der Waals surface area contributed by atoms with Gasteiger partial charge in [0.1, 0.15) is 0 Å². The zero-order valence-corrected chi connectivity index (χ0v) is 7.43. The Labute approximate surface area is 75.6 Å². The van der Waals surface area contributed by atoms with Crippen LogP contribution in [0.3, 0.4) is 0 Å². The maximum absolute atomic E-state index is 12.0. The Kier molecular flexibility index (Phi) is 3.82. The van der Waals surface area contributed by atoms with Gasteiger partial charge < -0.3 is 10.3 Å². The minimum absolute atomic E-state index is 0.535. The fourth-order valence-corrected chi connectivity index (χ4v) is 0.945. The van der Waals surface area contributed by atoms with Crippen LogP contribution in [0.15, 0.2) is 12.5 Å². The van der Waals surface area contributed by atoms with Crippen molar-refractivity contribution in [3.8, 4) is 0 Å². The molecule has 0 aliphatic rings. The number of hydrogen-bond donors (Lipinski definition) is 2. The number of imidazole rings is 1. The summed E-state index contributed by atoms with van der Waals surface area (Å²) in [5.74, 6) is 0. The number of alkyl halides is 2. The Hall–Kier alpha value is -0.970. The van der Waals surface area contributed by atoms with Crippen LogP contribution in [0, 0.1) is 0 Å². The molecule has 0 aromatic carbocycles. The van der Waals surface area contributed by atoms with Crippen LogP contribution < -0.4 is 5.32 Å². The highest BCUT2D eigenvalue weighted by Crippen LogP contribution is 1.99. The third kappa shape index (κ3) is 3.50. The lowest BCUT2D eigenvalue weighted by atomic mass is 10.3. The monoisotopic (exact) mass is 189 g/mol. The third-order valence-corrected chi connectivity index (χ3v) is 1.79. The highest BCUT2D eigenvalue weighted by Gasteiger charge is 2.12. The molecule has 0 spiro atoms. The van der Waals surface area contributed by atoms with Gasteiger partial charge in [0.05, 0.1) is 12.4 Å². The molecule has 0 amide bonds. The molecule has 74 valence electrons. The third-order valence-electron chi connectivity index (χ3n) is 1.79. The Morgan fingerprint density at radius 3 is 2.92 bits per heavy atom. The second kappa shape index (κ2) is 4.91. The van der Waals surface area contributed by atoms with Gasteiger partial charge in [-0.05, 0) is 6.92 Å². The predicted molar refractivity (Wildman–Crippen MR) is 45.8 cm³/mol. The van der Waals surface area contributed by atoms with E-state index in [1.807, 2.05) is 0 Å². The number of H-pyrrole nitrogens is 1. The van der Waals surface area contributed by atoms with Gasteiger partial charge in [-0.15, -0.1) is 0 Å². The zero-order valence-electron chi connectivity index (χ0n) is 7.43. The van der Waals surface area contributed by atoms with E-state index in [9.17, 15) is 8.78 Å². The smallest absolute Gasteiger partial charge is 0.253 e. The maximum atomic E-state index is 12.0. The largest absolute Gasteiger partial charge is 0.348 e. The van der Waals surface area contributed by atoms with Crippen molar-refractivity contribution in [1.82, 2.24) is 15.3 Å². The van der Waals surface area contributed by atoms with Crippen LogP contribution in [0.5, 0.6) is 0 Å². The van der Waals surface area contributed by atoms with Crippen LogP contribution in [-0.2, 0) is 6.42 Å². The number of aromatic nitrogens is 2. The summed E-state index contributed by atoms with van der Waals surface area (Å²) >= 11 is 0. The van der Waals surface area contributed by atoms with E-state index < -0.39 is 12.5 Å². The summed E-state index contributed by atoms with van der Waals surface area (Å²) in [6, 6.07) is -0.747. The summed E-state index contributed by atoms with van der Waals surface area (Å²) < 4.78 is 24.0. The highest BCUT2D eigenvalue weighted by molar-refractivity contribution is 4.94. The van der Waals surface area contributed by atoms with Gasteiger partial charge >= 0.3 is 0 Å². The Morgan fingerprint density at radius 1 is 1.62 bits per heavy atom. The lowest BCUT2D eigenvalue weighted by molar-refractivity contribution is 0.106. The molecular formula is C8H13F2N3. The van der Waals surface area contributed by atoms with E-state index in [4.69, 9.17) is 0 Å². The first-order valence-corrected chi connectivity index (χ1v) is 4.19. The molecule has 0 fully saturated rings. The Bertz CT molecular complexity index is 223. The standard InChI is InChI=1S/C8H13F2N3/c1-6(8(9)10)12-3-2-7-4-11-5-13-7/h4-6,8,12H,2-3H2,1H3,(H,11,13). The molecule has 0 radical (unpaired) electrons. The molecule has 3 nitrogen and oxygen atoms in total. The topological polar surface area (TPSA) is 40.7 Å². The van der Waals surface area contributed by atoms with Gasteiger partial charge in [0, 0.05) is 24.9 Å². The molecule has 1 atom stereocenters. The first kappa shape index (κ1) is 10.1. The van der Waals surface area contributed by atoms with Gasteiger partial charge in [-0.25, -0.2) is 13.8 Å². The van der Waals surface area contributed by atoms with Crippen LogP contribution in [0.2, 0.25) is 0 Å². The normalized spacial score (nSPS) is 13.5. The van der Waals surface area contributed by atoms with Crippen molar-refractivity contribution in [2.24, 2.45) is 0 Å². The maximum Gasteiger partial charge on any atom is 0.253 e. The van der Waals surface area contributed by atoms with Crippen molar-refractivity contribution < 1.29 is 8.78 Å². The SMILES string of the molecule is CC(NCCc1cnc[nH]1)C(F)F. The second-order valence-electron chi connectivity index (χ2n) is 2.90. The van der Waals surface area contributed by atoms with Crippen molar-refractivity contribution in [3.05, 3.63) is 18.2 Å². The van der Waals surface area contributed by atoms with Gasteiger partial charge in [-0.1, -0.05) is 0 Å². The van der Waals surface area contributed by atoms with Crippen molar-refractivity contribution in [2.45, 2.75) is 25.8 Å². The van der Waals surface area contributed by atoms with E-state index in [0.29, 0.717) is 13.0 Å². The molecule has 1 rings (SSSR count). The van der Waals surface area contributed by atoms with Gasteiger partial charge in [0.15, 0.2) is 0 Å². The Balaban J connectivity index is 2.14. The minimum Gasteiger partial charge on any atom is -0.348 e. The molecule has 0 bridgehead atoms. The molecule has 2 N–H and O–H groups in total. The van der Waals surface area contributed by atoms with Crippen molar-refractivity contribution in [2.75, 3.05) is 6.54 Å². The van der Waals surface area contributed by atoms with E-state index in [-0.39, 0.29) is 0 Å². The molecule has 13 heavy (non-hydrogen) atoms. The fourth-order valence-electron chi connectivity index (χ4n) is 0.945. The molecule has 0 aliphatic heterocycles. The van der Waals surface area contributed by atoms with E-state index in [1.165, 1.54) is 6.92 Å². The molecular weight excluding hydrogens is 176 g/mol. The molecule has 1 aromatic heterocycles. The van der Waals surface area contributed by atoms with E-state index in [1.54, 1.807) is 12.5 Å². The summed E-state index contributed by atoms with van der Waals surface area (Å²) in [6.07, 6.45) is 1.65. The van der Waals surface area contributed by atoms with Crippen LogP contribution in [0.25, 0.3) is 0 Å². The van der Waals surface area contributed by atoms with E-state index in [0.717, 1.165) is 5.69 Å². The second-order valence-corrected chi connectivity index (χ2v) is 2.90. The highest BCUT2D eigenvalue weighted by atomic mass is 19.3. The van der Waals surface area contributed by atoms with Gasteiger partial charge in [-0.2, -0.15) is 0 Å². The van der Waals surface area contributed by atoms with Crippen LogP contribution >= 0.6 is 0 Å². The summed E-state index contributed by atoms with van der Waals surface area (Å²) in [6.45, 7) is 2.01. The Morgan fingerprint density at radius 2 is 2.38 bits per heavy atom. The predicted octanol–water partition coefficient (Wildman–Crippen LogP) is 1.20. The number of rotatable bonds is 5. The lowest BCUT2D eigenvalue weighted by Crippen LogP contribution is -2.34. The summed E-state index contributed by atoms with van der Waals surface area (Å²) in [5, 5.41) is 2.72. The van der Waals surface area contributed by atoms with Crippen molar-refractivity contribution >= 4 is 0 Å². The van der Waals surface area contributed by atoms with Crippen LogP contribution in [-0.4, -0.2) is 29.0 Å². The molecule has 0 saturated heterocycles. The summed E-state index contributed by atoms with van der Waals surface area (Å²) in [5.41, 5.74) is 0.953. The minimum atomic E-state index is -2.30. The zero-order chi connectivity index (χ0) is 9.68. The van der Waals surface area contributed by atoms with Gasteiger partial charge in [0.2, 0.25) is 0 Å². The average molecular weight is 189 g/mol. The van der Waals surface area contributed by atoms with Crippen molar-refractivity contribution in [3.63, 3.8) is 0 Å².